The third-order valence-electron chi connectivity index (χ3n) is 6.01. The van der Waals surface area contributed by atoms with E-state index in [1.54, 1.807) is 6.08 Å². The highest BCUT2D eigenvalue weighted by Gasteiger charge is 2.25. The normalized spacial score (nSPS) is 12.9. The van der Waals surface area contributed by atoms with Gasteiger partial charge in [0.1, 0.15) is 11.3 Å². The van der Waals surface area contributed by atoms with E-state index >= 15 is 0 Å². The monoisotopic (exact) mass is 463 g/mol. The number of phenols is 1. The van der Waals surface area contributed by atoms with E-state index in [9.17, 15) is 5.11 Å². The molecule has 0 atom stereocenters. The number of fused-ring (bicyclic) bond motifs is 1. The van der Waals surface area contributed by atoms with Gasteiger partial charge in [-0.15, -0.1) is 0 Å². The predicted octanol–water partition coefficient (Wildman–Crippen LogP) is 9.05. The second kappa shape index (κ2) is 9.24. The molecule has 0 amide bonds. The second-order valence-electron chi connectivity index (χ2n) is 13.4. The molecule has 0 bridgehead atoms. The molecule has 1 aromatic heterocycles. The maximum absolute atomic E-state index is 9.72. The zero-order valence-electron chi connectivity index (χ0n) is 23.5. The summed E-state index contributed by atoms with van der Waals surface area (Å²) in [5.41, 5.74) is 6.96. The van der Waals surface area contributed by atoms with Gasteiger partial charge in [-0.25, -0.2) is 4.98 Å². The fourth-order valence-corrected chi connectivity index (χ4v) is 3.60. The van der Waals surface area contributed by atoms with Crippen LogP contribution in [0.25, 0.3) is 17.2 Å². The molecular weight excluding hydrogens is 418 g/mol. The second-order valence-corrected chi connectivity index (χ2v) is 13.4. The molecule has 0 aliphatic heterocycles. The number of benzene rings is 2. The summed E-state index contributed by atoms with van der Waals surface area (Å²) in [6.45, 7) is 29.9. The number of hydrogen-bond acceptors (Lipinski definition) is 3. The molecule has 0 saturated carbocycles. The third kappa shape index (κ3) is 6.74. The van der Waals surface area contributed by atoms with Crippen LogP contribution in [0.4, 0.5) is 0 Å². The van der Waals surface area contributed by atoms with Crippen molar-refractivity contribution < 1.29 is 9.52 Å². The van der Waals surface area contributed by atoms with E-state index in [2.05, 4.69) is 113 Å². The molecule has 3 aromatic rings. The van der Waals surface area contributed by atoms with Gasteiger partial charge in [0.05, 0.1) is 0 Å². The lowest BCUT2D eigenvalue weighted by atomic mass is 9.80. The molecule has 0 spiro atoms. The highest BCUT2D eigenvalue weighted by atomic mass is 16.3. The van der Waals surface area contributed by atoms with Crippen LogP contribution in [-0.2, 0) is 21.7 Å². The summed E-state index contributed by atoms with van der Waals surface area (Å²) in [4.78, 5) is 4.49. The Morgan fingerprint density at radius 2 is 1.12 bits per heavy atom. The Balaban J connectivity index is 0.000000248. The lowest BCUT2D eigenvalue weighted by molar-refractivity contribution is 0.466. The first-order chi connectivity index (χ1) is 15.2. The Hall–Kier alpha value is -2.55. The fraction of sp³-hybridized carbons (Fsp3) is 0.516. The van der Waals surface area contributed by atoms with Crippen LogP contribution in [0.3, 0.4) is 0 Å². The molecule has 186 valence electrons. The standard InChI is InChI=1S/C17H23NO.C14H22O/c1-8-14-18-13-10-11(16(2,3)4)9-12(15(13)19-14)17(5,6)7;1-13(2,3)10-7-11(14(4,5)6)9-12(15)8-10/h8-10H,1H2,2-7H3;7-9,15H,1-6H3. The highest BCUT2D eigenvalue weighted by Crippen LogP contribution is 2.36. The van der Waals surface area contributed by atoms with E-state index in [-0.39, 0.29) is 21.7 Å². The van der Waals surface area contributed by atoms with Crippen LogP contribution in [-0.4, -0.2) is 10.1 Å². The van der Waals surface area contributed by atoms with Crippen molar-refractivity contribution in [3.05, 3.63) is 65.1 Å². The van der Waals surface area contributed by atoms with Crippen LogP contribution in [0.5, 0.6) is 5.75 Å². The lowest BCUT2D eigenvalue weighted by Crippen LogP contribution is -2.16. The zero-order chi connectivity index (χ0) is 26.3. The van der Waals surface area contributed by atoms with E-state index in [0.717, 1.165) is 11.1 Å². The molecular formula is C31H45NO2. The molecule has 2 aromatic carbocycles. The maximum atomic E-state index is 9.72. The van der Waals surface area contributed by atoms with Gasteiger partial charge in [-0.2, -0.15) is 0 Å². The summed E-state index contributed by atoms with van der Waals surface area (Å²) < 4.78 is 5.81. The van der Waals surface area contributed by atoms with Crippen LogP contribution < -0.4 is 0 Å². The summed E-state index contributed by atoms with van der Waals surface area (Å²) in [6.07, 6.45) is 1.66. The molecule has 0 fully saturated rings. The van der Waals surface area contributed by atoms with E-state index in [1.165, 1.54) is 22.3 Å². The van der Waals surface area contributed by atoms with Crippen molar-refractivity contribution in [3.63, 3.8) is 0 Å². The molecule has 1 N–H and O–H groups in total. The quantitative estimate of drug-likeness (QED) is 0.391. The summed E-state index contributed by atoms with van der Waals surface area (Å²) in [7, 11) is 0. The van der Waals surface area contributed by atoms with Gasteiger partial charge in [-0.1, -0.05) is 102 Å². The summed E-state index contributed by atoms with van der Waals surface area (Å²) in [6, 6.07) is 10.3. The van der Waals surface area contributed by atoms with Crippen LogP contribution in [0.2, 0.25) is 0 Å². The minimum Gasteiger partial charge on any atom is -0.508 e. The van der Waals surface area contributed by atoms with Crippen molar-refractivity contribution in [2.75, 3.05) is 0 Å². The molecule has 3 nitrogen and oxygen atoms in total. The molecule has 0 aliphatic rings. The van der Waals surface area contributed by atoms with Crippen LogP contribution in [0.1, 0.15) is 111 Å². The first kappa shape index (κ1) is 27.7. The van der Waals surface area contributed by atoms with Gasteiger partial charge in [-0.3, -0.25) is 0 Å². The summed E-state index contributed by atoms with van der Waals surface area (Å²) in [5, 5.41) is 9.72. The van der Waals surface area contributed by atoms with Gasteiger partial charge in [0.15, 0.2) is 5.58 Å². The Bertz CT molecular complexity index is 1120. The minimum absolute atomic E-state index is 0.0253. The SMILES string of the molecule is C=Cc1nc2cc(C(C)(C)C)cc(C(C)(C)C)c2o1.CC(C)(C)c1cc(O)cc(C(C)(C)C)c1. The highest BCUT2D eigenvalue weighted by molar-refractivity contribution is 5.80. The summed E-state index contributed by atoms with van der Waals surface area (Å²) >= 11 is 0. The Kier molecular flexibility index (Phi) is 7.53. The third-order valence-corrected chi connectivity index (χ3v) is 6.01. The van der Waals surface area contributed by atoms with E-state index in [1.807, 2.05) is 12.1 Å². The molecule has 3 heteroatoms. The topological polar surface area (TPSA) is 46.3 Å². The predicted molar refractivity (Wildman–Crippen MR) is 147 cm³/mol. The number of oxazole rings is 1. The van der Waals surface area contributed by atoms with Gasteiger partial charge in [-0.05, 0) is 62.6 Å². The number of aromatic hydroxyl groups is 1. The lowest BCUT2D eigenvalue weighted by Gasteiger charge is -2.25. The Morgan fingerprint density at radius 1 is 0.676 bits per heavy atom. The van der Waals surface area contributed by atoms with Crippen LogP contribution >= 0.6 is 0 Å². The largest absolute Gasteiger partial charge is 0.508 e. The van der Waals surface area contributed by atoms with Gasteiger partial charge >= 0.3 is 0 Å². The first-order valence-electron chi connectivity index (χ1n) is 12.2. The molecule has 0 saturated heterocycles. The van der Waals surface area contributed by atoms with E-state index in [4.69, 9.17) is 4.42 Å². The van der Waals surface area contributed by atoms with Gasteiger partial charge in [0, 0.05) is 5.56 Å². The fourth-order valence-electron chi connectivity index (χ4n) is 3.60. The van der Waals surface area contributed by atoms with Gasteiger partial charge in [0.2, 0.25) is 5.89 Å². The maximum Gasteiger partial charge on any atom is 0.219 e. The van der Waals surface area contributed by atoms with Crippen molar-refractivity contribution in [2.45, 2.75) is 105 Å². The Morgan fingerprint density at radius 3 is 1.50 bits per heavy atom. The number of phenolic OH excluding ortho intramolecular Hbond substituents is 1. The molecule has 0 radical (unpaired) electrons. The smallest absolute Gasteiger partial charge is 0.219 e. The molecule has 3 rings (SSSR count). The van der Waals surface area contributed by atoms with E-state index in [0.29, 0.717) is 11.6 Å². The number of nitrogens with zero attached hydrogens (tertiary/aromatic N) is 1. The van der Waals surface area contributed by atoms with Gasteiger partial charge < -0.3 is 9.52 Å². The van der Waals surface area contributed by atoms with Crippen LogP contribution in [0.15, 0.2) is 41.3 Å². The van der Waals surface area contributed by atoms with Crippen LogP contribution in [0, 0.1) is 0 Å². The van der Waals surface area contributed by atoms with Crippen molar-refractivity contribution in [3.8, 4) is 5.75 Å². The average Bonchev–Trinajstić information content (AvgIpc) is 3.07. The van der Waals surface area contributed by atoms with Crippen molar-refractivity contribution >= 4 is 17.2 Å². The minimum atomic E-state index is 0.0253. The number of hydrogen-bond donors (Lipinski definition) is 1. The van der Waals surface area contributed by atoms with E-state index < -0.39 is 0 Å². The molecule has 0 aliphatic carbocycles. The number of rotatable bonds is 1. The molecule has 0 unspecified atom stereocenters. The molecule has 1 heterocycles. The molecule has 34 heavy (non-hydrogen) atoms. The zero-order valence-corrected chi connectivity index (χ0v) is 23.5. The van der Waals surface area contributed by atoms with Crippen molar-refractivity contribution in [1.29, 1.82) is 0 Å². The first-order valence-corrected chi connectivity index (χ1v) is 12.2. The summed E-state index contributed by atoms with van der Waals surface area (Å²) in [5.74, 6) is 0.957. The van der Waals surface area contributed by atoms with Crippen molar-refractivity contribution in [1.82, 2.24) is 4.98 Å². The average molecular weight is 464 g/mol. The van der Waals surface area contributed by atoms with Gasteiger partial charge in [0.25, 0.3) is 0 Å². The number of aromatic nitrogens is 1. The Labute approximate surface area is 207 Å². The van der Waals surface area contributed by atoms with Crippen molar-refractivity contribution in [2.24, 2.45) is 0 Å².